The zero-order valence-corrected chi connectivity index (χ0v) is 14.2. The van der Waals surface area contributed by atoms with Gasteiger partial charge in [-0.05, 0) is 54.4 Å². The van der Waals surface area contributed by atoms with Gasteiger partial charge in [0.15, 0.2) is 0 Å². The highest BCUT2D eigenvalue weighted by molar-refractivity contribution is 9.10. The third-order valence-electron chi connectivity index (χ3n) is 2.94. The molecule has 1 rings (SSSR count). The summed E-state index contributed by atoms with van der Waals surface area (Å²) < 4.78 is 27.0. The Balaban J connectivity index is 3.56. The molecule has 0 saturated carbocycles. The summed E-state index contributed by atoms with van der Waals surface area (Å²) in [6, 6.07) is 2.43. The van der Waals surface area contributed by atoms with Gasteiger partial charge in [0.05, 0.1) is 10.5 Å². The first-order valence-electron chi connectivity index (χ1n) is 6.18. The van der Waals surface area contributed by atoms with E-state index < -0.39 is 16.0 Å². The Morgan fingerprint density at radius 1 is 1.40 bits per heavy atom. The number of halogens is 1. The predicted molar refractivity (Wildman–Crippen MR) is 80.5 cm³/mol. The lowest BCUT2D eigenvalue weighted by Crippen LogP contribution is -2.37. The van der Waals surface area contributed by atoms with Gasteiger partial charge in [-0.25, -0.2) is 13.2 Å². The second-order valence-electron chi connectivity index (χ2n) is 4.71. The van der Waals surface area contributed by atoms with Crippen LogP contribution in [0.3, 0.4) is 0 Å². The number of hydrogen-bond donors (Lipinski definition) is 1. The first-order chi connectivity index (χ1) is 9.12. The summed E-state index contributed by atoms with van der Waals surface area (Å²) in [5.41, 5.74) is 0.535. The molecule has 0 amide bonds. The maximum atomic E-state index is 12.7. The number of nitrogens with zero attached hydrogens (tertiary/aromatic N) is 1. The van der Waals surface area contributed by atoms with Gasteiger partial charge in [-0.1, -0.05) is 6.92 Å². The minimum atomic E-state index is -3.74. The topological polar surface area (TPSA) is 74.7 Å². The molecule has 0 aliphatic carbocycles. The standard InChI is InChI=1S/C13H18BrNO4S/c1-5-15(8(2)3)20(18,19)11-7-10(13(16)17)6-9(4)12(11)14/h6-8H,5H2,1-4H3,(H,16,17). The fourth-order valence-electron chi connectivity index (χ4n) is 1.99. The Hall–Kier alpha value is -0.920. The molecule has 0 atom stereocenters. The van der Waals surface area contributed by atoms with Gasteiger partial charge in [0.2, 0.25) is 10.0 Å². The van der Waals surface area contributed by atoms with Crippen LogP contribution in [0.5, 0.6) is 0 Å². The molecule has 112 valence electrons. The van der Waals surface area contributed by atoms with Crippen LogP contribution in [-0.2, 0) is 10.0 Å². The quantitative estimate of drug-likeness (QED) is 0.872. The molecule has 0 unspecified atom stereocenters. The molecule has 1 N–H and O–H groups in total. The largest absolute Gasteiger partial charge is 0.478 e. The fourth-order valence-corrected chi connectivity index (χ4v) is 4.64. The van der Waals surface area contributed by atoms with Gasteiger partial charge in [-0.15, -0.1) is 0 Å². The third-order valence-corrected chi connectivity index (χ3v) is 6.43. The second kappa shape index (κ2) is 6.24. The Morgan fingerprint density at radius 2 is 1.95 bits per heavy atom. The maximum absolute atomic E-state index is 12.7. The molecule has 0 saturated heterocycles. The lowest BCUT2D eigenvalue weighted by molar-refractivity contribution is 0.0696. The highest BCUT2D eigenvalue weighted by Gasteiger charge is 2.29. The van der Waals surface area contributed by atoms with Crippen LogP contribution in [0.15, 0.2) is 21.5 Å². The highest BCUT2D eigenvalue weighted by Crippen LogP contribution is 2.30. The predicted octanol–water partition coefficient (Wildman–Crippen LogP) is 2.87. The van der Waals surface area contributed by atoms with Crippen molar-refractivity contribution in [3.8, 4) is 0 Å². The molecule has 0 aromatic heterocycles. The number of hydrogen-bond acceptors (Lipinski definition) is 3. The number of carboxylic acid groups (broad SMARTS) is 1. The van der Waals surface area contributed by atoms with Crippen molar-refractivity contribution in [3.05, 3.63) is 27.7 Å². The molecule has 0 spiro atoms. The zero-order chi connectivity index (χ0) is 15.7. The molecule has 0 aliphatic rings. The second-order valence-corrected chi connectivity index (χ2v) is 7.36. The molecule has 7 heteroatoms. The average molecular weight is 364 g/mol. The highest BCUT2D eigenvalue weighted by atomic mass is 79.9. The minimum Gasteiger partial charge on any atom is -0.478 e. The normalized spacial score (nSPS) is 12.2. The van der Waals surface area contributed by atoms with Gasteiger partial charge in [-0.3, -0.25) is 0 Å². The summed E-state index contributed by atoms with van der Waals surface area (Å²) in [5.74, 6) is -1.15. The third kappa shape index (κ3) is 3.21. The van der Waals surface area contributed by atoms with E-state index in [1.165, 1.54) is 16.4 Å². The smallest absolute Gasteiger partial charge is 0.335 e. The number of carbonyl (C=O) groups is 1. The number of carboxylic acids is 1. The first kappa shape index (κ1) is 17.1. The summed E-state index contributed by atoms with van der Waals surface area (Å²) in [6.45, 7) is 7.30. The molecule has 0 bridgehead atoms. The van der Waals surface area contributed by atoms with Crippen molar-refractivity contribution in [2.24, 2.45) is 0 Å². The van der Waals surface area contributed by atoms with Gasteiger partial charge in [-0.2, -0.15) is 4.31 Å². The van der Waals surface area contributed by atoms with E-state index in [-0.39, 0.29) is 16.5 Å². The SMILES string of the molecule is CCN(C(C)C)S(=O)(=O)c1cc(C(=O)O)cc(C)c1Br. The van der Waals surface area contributed by atoms with E-state index in [1.54, 1.807) is 27.7 Å². The summed E-state index contributed by atoms with van der Waals surface area (Å²) >= 11 is 3.25. The van der Waals surface area contributed by atoms with Crippen molar-refractivity contribution >= 4 is 31.9 Å². The molecule has 0 heterocycles. The number of benzene rings is 1. The Labute approximate surface area is 127 Å². The van der Waals surface area contributed by atoms with Crippen LogP contribution in [0.25, 0.3) is 0 Å². The molecular weight excluding hydrogens is 346 g/mol. The van der Waals surface area contributed by atoms with E-state index in [0.29, 0.717) is 16.6 Å². The summed E-state index contributed by atoms with van der Waals surface area (Å²) in [6.07, 6.45) is 0. The van der Waals surface area contributed by atoms with Crippen molar-refractivity contribution in [1.29, 1.82) is 0 Å². The molecule has 1 aromatic rings. The lowest BCUT2D eigenvalue weighted by Gasteiger charge is -2.25. The van der Waals surface area contributed by atoms with Crippen molar-refractivity contribution < 1.29 is 18.3 Å². The van der Waals surface area contributed by atoms with E-state index in [4.69, 9.17) is 5.11 Å². The van der Waals surface area contributed by atoms with Crippen molar-refractivity contribution in [3.63, 3.8) is 0 Å². The van der Waals surface area contributed by atoms with Crippen LogP contribution in [0, 0.1) is 6.92 Å². The monoisotopic (exact) mass is 363 g/mol. The van der Waals surface area contributed by atoms with E-state index in [1.807, 2.05) is 0 Å². The molecular formula is C13H18BrNO4S. The molecule has 0 aliphatic heterocycles. The molecule has 1 aromatic carbocycles. The van der Waals surface area contributed by atoms with Crippen LogP contribution in [0.1, 0.15) is 36.7 Å². The van der Waals surface area contributed by atoms with Gasteiger partial charge in [0, 0.05) is 17.1 Å². The Morgan fingerprint density at radius 3 is 2.35 bits per heavy atom. The Kier molecular flexibility index (Phi) is 5.34. The fraction of sp³-hybridized carbons (Fsp3) is 0.462. The molecule has 0 fully saturated rings. The summed E-state index contributed by atoms with van der Waals surface area (Å²) in [5, 5.41) is 9.07. The van der Waals surface area contributed by atoms with Gasteiger partial charge in [0.25, 0.3) is 0 Å². The van der Waals surface area contributed by atoms with E-state index in [0.717, 1.165) is 0 Å². The van der Waals surface area contributed by atoms with Gasteiger partial charge in [0.1, 0.15) is 0 Å². The number of aryl methyl sites for hydroxylation is 1. The summed E-state index contributed by atoms with van der Waals surface area (Å²) in [4.78, 5) is 11.1. The average Bonchev–Trinajstić information content (AvgIpc) is 2.31. The summed E-state index contributed by atoms with van der Waals surface area (Å²) in [7, 11) is -3.74. The number of aromatic carboxylic acids is 1. The van der Waals surface area contributed by atoms with Crippen molar-refractivity contribution in [1.82, 2.24) is 4.31 Å². The maximum Gasteiger partial charge on any atom is 0.335 e. The number of rotatable bonds is 5. The van der Waals surface area contributed by atoms with Crippen molar-refractivity contribution in [2.45, 2.75) is 38.6 Å². The molecule has 20 heavy (non-hydrogen) atoms. The zero-order valence-electron chi connectivity index (χ0n) is 11.8. The lowest BCUT2D eigenvalue weighted by atomic mass is 10.1. The van der Waals surface area contributed by atoms with Crippen LogP contribution < -0.4 is 0 Å². The van der Waals surface area contributed by atoms with Crippen LogP contribution in [0.4, 0.5) is 0 Å². The molecule has 0 radical (unpaired) electrons. The molecule has 5 nitrogen and oxygen atoms in total. The van der Waals surface area contributed by atoms with E-state index >= 15 is 0 Å². The van der Waals surface area contributed by atoms with E-state index in [2.05, 4.69) is 15.9 Å². The van der Waals surface area contributed by atoms with Crippen LogP contribution >= 0.6 is 15.9 Å². The first-order valence-corrected chi connectivity index (χ1v) is 8.41. The van der Waals surface area contributed by atoms with Gasteiger partial charge >= 0.3 is 5.97 Å². The van der Waals surface area contributed by atoms with E-state index in [9.17, 15) is 13.2 Å². The minimum absolute atomic E-state index is 0.00884. The van der Waals surface area contributed by atoms with Crippen molar-refractivity contribution in [2.75, 3.05) is 6.54 Å². The van der Waals surface area contributed by atoms with Crippen LogP contribution in [0.2, 0.25) is 0 Å². The van der Waals surface area contributed by atoms with Gasteiger partial charge < -0.3 is 5.11 Å². The number of sulfonamides is 1. The van der Waals surface area contributed by atoms with Crippen LogP contribution in [-0.4, -0.2) is 36.4 Å². The Bertz CT molecular complexity index is 626.